The average Bonchev–Trinajstić information content (AvgIpc) is 2.89. The van der Waals surface area contributed by atoms with Crippen LogP contribution >= 0.6 is 11.6 Å². The van der Waals surface area contributed by atoms with Gasteiger partial charge in [-0.05, 0) is 24.3 Å². The second-order valence-electron chi connectivity index (χ2n) is 4.38. The molecule has 106 valence electrons. The van der Waals surface area contributed by atoms with E-state index in [1.54, 1.807) is 34.9 Å². The number of hydrogen-bond donors (Lipinski definition) is 1. The molecule has 3 rings (SSSR count). The molecule has 0 unspecified atom stereocenters. The molecule has 6 heteroatoms. The number of carboxylic acid groups (broad SMARTS) is 1. The number of nitrogens with zero attached hydrogens (tertiary/aromatic N) is 2. The summed E-state index contributed by atoms with van der Waals surface area (Å²) in [7, 11) is 0. The van der Waals surface area contributed by atoms with E-state index in [0.29, 0.717) is 22.1 Å². The van der Waals surface area contributed by atoms with E-state index < -0.39 is 5.97 Å². The van der Waals surface area contributed by atoms with Gasteiger partial charge in [-0.3, -0.25) is 4.40 Å². The van der Waals surface area contributed by atoms with Gasteiger partial charge >= 0.3 is 5.97 Å². The molecule has 0 spiro atoms. The first-order valence-corrected chi connectivity index (χ1v) is 6.60. The average molecular weight is 303 g/mol. The number of imidazole rings is 1. The van der Waals surface area contributed by atoms with Crippen molar-refractivity contribution in [3.8, 4) is 5.75 Å². The summed E-state index contributed by atoms with van der Waals surface area (Å²) in [6.45, 7) is 0.176. The molecule has 0 aliphatic heterocycles. The van der Waals surface area contributed by atoms with Crippen LogP contribution < -0.4 is 4.74 Å². The predicted octanol–water partition coefficient (Wildman–Crippen LogP) is 3.26. The Bertz CT molecular complexity index is 814. The molecule has 1 aromatic carbocycles. The molecule has 0 bridgehead atoms. The van der Waals surface area contributed by atoms with Gasteiger partial charge < -0.3 is 9.84 Å². The first-order valence-electron chi connectivity index (χ1n) is 6.23. The molecular formula is C15H11ClN2O3. The second kappa shape index (κ2) is 5.46. The highest BCUT2D eigenvalue weighted by Gasteiger charge is 2.13. The maximum absolute atomic E-state index is 11.3. The van der Waals surface area contributed by atoms with Crippen molar-refractivity contribution in [3.05, 3.63) is 65.1 Å². The first kappa shape index (κ1) is 13.5. The number of carbonyl (C=O) groups is 1. The lowest BCUT2D eigenvalue weighted by molar-refractivity contribution is 0.0688. The lowest BCUT2D eigenvalue weighted by Crippen LogP contribution is -2.08. The zero-order valence-electron chi connectivity index (χ0n) is 10.9. The van der Waals surface area contributed by atoms with Crippen LogP contribution in [0.1, 0.15) is 16.2 Å². The maximum Gasteiger partial charge on any atom is 0.352 e. The molecule has 0 atom stereocenters. The Hall–Kier alpha value is -2.53. The number of rotatable bonds is 4. The number of carboxylic acids is 1. The van der Waals surface area contributed by atoms with Gasteiger partial charge in [0.15, 0.2) is 0 Å². The molecule has 0 radical (unpaired) electrons. The molecule has 0 aliphatic rings. The van der Waals surface area contributed by atoms with Gasteiger partial charge in [-0.25, -0.2) is 9.78 Å². The van der Waals surface area contributed by atoms with Crippen LogP contribution in [0.2, 0.25) is 5.02 Å². The Morgan fingerprint density at radius 2 is 2.05 bits per heavy atom. The number of aromatic carboxylic acids is 1. The summed E-state index contributed by atoms with van der Waals surface area (Å²) in [5.41, 5.74) is 1.35. The molecule has 0 aliphatic carbocycles. The standard InChI is InChI=1S/C15H11ClN2O3/c16-11-4-1-2-6-13(11)21-9-10-8-17-14-7-3-5-12(15(19)20)18(10)14/h1-8H,9H2,(H,19,20). The monoisotopic (exact) mass is 302 g/mol. The van der Waals surface area contributed by atoms with E-state index in [0.717, 1.165) is 0 Å². The quantitative estimate of drug-likeness (QED) is 0.803. The van der Waals surface area contributed by atoms with Crippen molar-refractivity contribution in [3.63, 3.8) is 0 Å². The molecule has 0 saturated carbocycles. The summed E-state index contributed by atoms with van der Waals surface area (Å²) < 4.78 is 7.19. The Kier molecular flexibility index (Phi) is 3.50. The van der Waals surface area contributed by atoms with E-state index in [4.69, 9.17) is 16.3 Å². The van der Waals surface area contributed by atoms with Crippen molar-refractivity contribution >= 4 is 23.2 Å². The molecule has 1 N–H and O–H groups in total. The Morgan fingerprint density at radius 3 is 2.81 bits per heavy atom. The van der Waals surface area contributed by atoms with E-state index in [1.165, 1.54) is 6.07 Å². The minimum absolute atomic E-state index is 0.141. The molecule has 0 amide bonds. The third kappa shape index (κ3) is 2.55. The molecule has 2 aromatic heterocycles. The van der Waals surface area contributed by atoms with Crippen LogP contribution in [0.4, 0.5) is 0 Å². The van der Waals surface area contributed by atoms with Gasteiger partial charge in [0.25, 0.3) is 0 Å². The summed E-state index contributed by atoms with van der Waals surface area (Å²) in [5.74, 6) is -0.473. The van der Waals surface area contributed by atoms with Crippen LogP contribution in [0.5, 0.6) is 5.75 Å². The van der Waals surface area contributed by atoms with Gasteiger partial charge in [0, 0.05) is 0 Å². The largest absolute Gasteiger partial charge is 0.486 e. The van der Waals surface area contributed by atoms with Gasteiger partial charge in [-0.15, -0.1) is 0 Å². The second-order valence-corrected chi connectivity index (χ2v) is 4.79. The molecule has 5 nitrogen and oxygen atoms in total. The number of halogens is 1. The fourth-order valence-electron chi connectivity index (χ4n) is 2.08. The number of benzene rings is 1. The molecular weight excluding hydrogens is 292 g/mol. The Morgan fingerprint density at radius 1 is 1.24 bits per heavy atom. The van der Waals surface area contributed by atoms with Crippen LogP contribution in [0, 0.1) is 0 Å². The fraction of sp³-hybridized carbons (Fsp3) is 0.0667. The van der Waals surface area contributed by atoms with Gasteiger partial charge in [-0.1, -0.05) is 29.8 Å². The minimum atomic E-state index is -1.02. The molecule has 2 heterocycles. The number of pyridine rings is 1. The third-order valence-corrected chi connectivity index (χ3v) is 3.35. The van der Waals surface area contributed by atoms with Crippen molar-refractivity contribution in [2.75, 3.05) is 0 Å². The highest BCUT2D eigenvalue weighted by Crippen LogP contribution is 2.24. The van der Waals surface area contributed by atoms with E-state index in [1.807, 2.05) is 12.1 Å². The Balaban J connectivity index is 1.95. The van der Waals surface area contributed by atoms with E-state index in [-0.39, 0.29) is 12.3 Å². The lowest BCUT2D eigenvalue weighted by atomic mass is 10.3. The van der Waals surface area contributed by atoms with E-state index >= 15 is 0 Å². The summed E-state index contributed by atoms with van der Waals surface area (Å²) >= 11 is 6.02. The molecule has 0 fully saturated rings. The van der Waals surface area contributed by atoms with Crippen molar-refractivity contribution in [1.29, 1.82) is 0 Å². The molecule has 21 heavy (non-hydrogen) atoms. The van der Waals surface area contributed by atoms with Crippen molar-refractivity contribution in [2.24, 2.45) is 0 Å². The molecule has 0 saturated heterocycles. The number of ether oxygens (including phenoxy) is 1. The third-order valence-electron chi connectivity index (χ3n) is 3.03. The first-order chi connectivity index (χ1) is 10.2. The van der Waals surface area contributed by atoms with Crippen LogP contribution in [-0.2, 0) is 6.61 Å². The van der Waals surface area contributed by atoms with Gasteiger partial charge in [0.2, 0.25) is 0 Å². The van der Waals surface area contributed by atoms with Crippen molar-refractivity contribution in [2.45, 2.75) is 6.61 Å². The van der Waals surface area contributed by atoms with E-state index in [9.17, 15) is 9.90 Å². The van der Waals surface area contributed by atoms with Crippen LogP contribution in [-0.4, -0.2) is 20.5 Å². The number of aromatic nitrogens is 2. The van der Waals surface area contributed by atoms with Crippen LogP contribution in [0.15, 0.2) is 48.7 Å². The fourth-order valence-corrected chi connectivity index (χ4v) is 2.27. The topological polar surface area (TPSA) is 63.8 Å². The summed E-state index contributed by atoms with van der Waals surface area (Å²) in [6, 6.07) is 12.0. The van der Waals surface area contributed by atoms with E-state index in [2.05, 4.69) is 4.98 Å². The van der Waals surface area contributed by atoms with Crippen LogP contribution in [0.25, 0.3) is 5.65 Å². The van der Waals surface area contributed by atoms with Crippen molar-refractivity contribution < 1.29 is 14.6 Å². The highest BCUT2D eigenvalue weighted by atomic mass is 35.5. The van der Waals surface area contributed by atoms with Gasteiger partial charge in [-0.2, -0.15) is 0 Å². The zero-order chi connectivity index (χ0) is 14.8. The zero-order valence-corrected chi connectivity index (χ0v) is 11.6. The number of hydrogen-bond acceptors (Lipinski definition) is 3. The van der Waals surface area contributed by atoms with Crippen LogP contribution in [0.3, 0.4) is 0 Å². The summed E-state index contributed by atoms with van der Waals surface area (Å²) in [5, 5.41) is 9.75. The Labute approximate surface area is 125 Å². The minimum Gasteiger partial charge on any atom is -0.486 e. The van der Waals surface area contributed by atoms with Gasteiger partial charge in [0.1, 0.15) is 23.7 Å². The maximum atomic E-state index is 11.3. The number of para-hydroxylation sites is 1. The molecule has 3 aromatic rings. The lowest BCUT2D eigenvalue weighted by Gasteiger charge is -2.09. The SMILES string of the molecule is O=C(O)c1cccc2ncc(COc3ccccc3Cl)n12. The highest BCUT2D eigenvalue weighted by molar-refractivity contribution is 6.32. The van der Waals surface area contributed by atoms with Crippen molar-refractivity contribution in [1.82, 2.24) is 9.38 Å². The van der Waals surface area contributed by atoms with Gasteiger partial charge in [0.05, 0.1) is 16.9 Å². The number of fused-ring (bicyclic) bond motifs is 1. The summed E-state index contributed by atoms with van der Waals surface area (Å²) in [6.07, 6.45) is 1.60. The predicted molar refractivity (Wildman–Crippen MR) is 77.9 cm³/mol. The normalized spacial score (nSPS) is 10.7. The smallest absolute Gasteiger partial charge is 0.352 e. The summed E-state index contributed by atoms with van der Waals surface area (Å²) in [4.78, 5) is 15.5.